The van der Waals surface area contributed by atoms with Crippen LogP contribution in [0.1, 0.15) is 33.1 Å². The van der Waals surface area contributed by atoms with E-state index >= 15 is 0 Å². The molecule has 22 heavy (non-hydrogen) atoms. The zero-order valence-electron chi connectivity index (χ0n) is 13.1. The predicted octanol–water partition coefficient (Wildman–Crippen LogP) is 0.371. The summed E-state index contributed by atoms with van der Waals surface area (Å²) in [4.78, 5) is 25.4. The first kappa shape index (κ1) is 17.2. The van der Waals surface area contributed by atoms with Gasteiger partial charge in [-0.2, -0.15) is 0 Å². The highest BCUT2D eigenvalue weighted by molar-refractivity contribution is 7.89. The van der Waals surface area contributed by atoms with Crippen molar-refractivity contribution in [1.29, 1.82) is 0 Å². The van der Waals surface area contributed by atoms with Gasteiger partial charge in [0.05, 0.1) is 11.2 Å². The number of carbonyl (C=O) groups excluding carboxylic acids is 1. The average molecular weight is 332 g/mol. The van der Waals surface area contributed by atoms with Crippen LogP contribution in [0.2, 0.25) is 0 Å². The summed E-state index contributed by atoms with van der Waals surface area (Å²) in [5.41, 5.74) is -0.880. The molecule has 2 heterocycles. The van der Waals surface area contributed by atoms with Crippen molar-refractivity contribution in [3.05, 3.63) is 0 Å². The molecule has 2 saturated heterocycles. The van der Waals surface area contributed by atoms with Gasteiger partial charge in [-0.25, -0.2) is 12.7 Å². The van der Waals surface area contributed by atoms with E-state index in [0.29, 0.717) is 25.9 Å². The maximum Gasteiger partial charge on any atom is 0.311 e. The van der Waals surface area contributed by atoms with E-state index in [0.717, 1.165) is 0 Å². The molecule has 126 valence electrons. The molecule has 1 amide bonds. The summed E-state index contributed by atoms with van der Waals surface area (Å²) in [7, 11) is -3.19. The SMILES string of the molecule is CC(C)C1(C(=O)O)CCN(C(=O)CCN2CCCS2(=O)=O)C1. The molecule has 0 aromatic heterocycles. The zero-order chi connectivity index (χ0) is 16.5. The van der Waals surface area contributed by atoms with E-state index in [1.165, 1.54) is 4.31 Å². The fourth-order valence-electron chi connectivity index (χ4n) is 3.26. The van der Waals surface area contributed by atoms with E-state index in [2.05, 4.69) is 0 Å². The number of hydrogen-bond acceptors (Lipinski definition) is 4. The Morgan fingerprint density at radius 2 is 1.95 bits per heavy atom. The molecule has 2 rings (SSSR count). The largest absolute Gasteiger partial charge is 0.481 e. The van der Waals surface area contributed by atoms with Crippen LogP contribution >= 0.6 is 0 Å². The molecular weight excluding hydrogens is 308 g/mol. The lowest BCUT2D eigenvalue weighted by Gasteiger charge is -2.28. The lowest BCUT2D eigenvalue weighted by Crippen LogP contribution is -2.41. The van der Waals surface area contributed by atoms with Crippen molar-refractivity contribution in [3.63, 3.8) is 0 Å². The first-order valence-electron chi connectivity index (χ1n) is 7.68. The molecule has 7 nitrogen and oxygen atoms in total. The molecule has 2 aliphatic rings. The molecule has 1 N–H and O–H groups in total. The lowest BCUT2D eigenvalue weighted by atomic mass is 9.76. The van der Waals surface area contributed by atoms with Crippen LogP contribution in [-0.4, -0.2) is 66.5 Å². The third kappa shape index (κ3) is 3.12. The van der Waals surface area contributed by atoms with Gasteiger partial charge in [0.1, 0.15) is 0 Å². The first-order chi connectivity index (χ1) is 10.2. The van der Waals surface area contributed by atoms with Gasteiger partial charge in [0.25, 0.3) is 0 Å². The van der Waals surface area contributed by atoms with Crippen LogP contribution < -0.4 is 0 Å². The van der Waals surface area contributed by atoms with Gasteiger partial charge in [0.2, 0.25) is 15.9 Å². The summed E-state index contributed by atoms with van der Waals surface area (Å²) >= 11 is 0. The molecule has 1 unspecified atom stereocenters. The quantitative estimate of drug-likeness (QED) is 0.785. The third-order valence-electron chi connectivity index (χ3n) is 4.96. The topological polar surface area (TPSA) is 95.0 Å². The van der Waals surface area contributed by atoms with Crippen molar-refractivity contribution in [2.45, 2.75) is 33.1 Å². The number of rotatable bonds is 5. The van der Waals surface area contributed by atoms with Crippen LogP contribution in [0.5, 0.6) is 0 Å². The second-order valence-electron chi connectivity index (χ2n) is 6.50. The number of amides is 1. The number of likely N-dealkylation sites (tertiary alicyclic amines) is 1. The van der Waals surface area contributed by atoms with Crippen molar-refractivity contribution < 1.29 is 23.1 Å². The van der Waals surface area contributed by atoms with Gasteiger partial charge in [-0.05, 0) is 18.8 Å². The van der Waals surface area contributed by atoms with Gasteiger partial charge in [0.15, 0.2) is 0 Å². The second kappa shape index (κ2) is 6.16. The maximum absolute atomic E-state index is 12.3. The number of nitrogens with zero attached hydrogens (tertiary/aromatic N) is 2. The van der Waals surface area contributed by atoms with Crippen LogP contribution in [0.25, 0.3) is 0 Å². The predicted molar refractivity (Wildman–Crippen MR) is 80.7 cm³/mol. The van der Waals surface area contributed by atoms with Gasteiger partial charge in [-0.15, -0.1) is 0 Å². The number of hydrogen-bond donors (Lipinski definition) is 1. The fraction of sp³-hybridized carbons (Fsp3) is 0.857. The number of sulfonamides is 1. The third-order valence-corrected chi connectivity index (χ3v) is 6.92. The van der Waals surface area contributed by atoms with Crippen molar-refractivity contribution in [2.75, 3.05) is 31.9 Å². The number of carboxylic acid groups (broad SMARTS) is 1. The molecule has 0 bridgehead atoms. The van der Waals surface area contributed by atoms with Crippen LogP contribution in [0.3, 0.4) is 0 Å². The molecule has 2 aliphatic heterocycles. The number of carboxylic acids is 1. The molecular formula is C14H24N2O5S. The van der Waals surface area contributed by atoms with Crippen LogP contribution in [0.15, 0.2) is 0 Å². The number of aliphatic carboxylic acids is 1. The lowest BCUT2D eigenvalue weighted by molar-refractivity contribution is -0.151. The van der Waals surface area contributed by atoms with E-state index in [1.54, 1.807) is 4.90 Å². The van der Waals surface area contributed by atoms with E-state index in [9.17, 15) is 23.1 Å². The summed E-state index contributed by atoms with van der Waals surface area (Å²) < 4.78 is 24.8. The molecule has 2 fully saturated rings. The Bertz CT molecular complexity index is 560. The van der Waals surface area contributed by atoms with Gasteiger partial charge in [0, 0.05) is 32.6 Å². The minimum atomic E-state index is -3.19. The molecule has 0 spiro atoms. The standard InChI is InChI=1S/C14H24N2O5S/c1-11(2)14(13(18)19)5-8-15(10-14)12(17)4-7-16-6-3-9-22(16,20)21/h11H,3-10H2,1-2H3,(H,18,19). The molecule has 8 heteroatoms. The Balaban J connectivity index is 1.93. The highest BCUT2D eigenvalue weighted by atomic mass is 32.2. The van der Waals surface area contributed by atoms with Gasteiger partial charge in [-0.1, -0.05) is 13.8 Å². The number of carbonyl (C=O) groups is 2. The monoisotopic (exact) mass is 332 g/mol. The summed E-state index contributed by atoms with van der Waals surface area (Å²) in [6.45, 7) is 5.03. The highest BCUT2D eigenvalue weighted by Gasteiger charge is 2.48. The van der Waals surface area contributed by atoms with Crippen LogP contribution in [-0.2, 0) is 19.6 Å². The van der Waals surface area contributed by atoms with Crippen molar-refractivity contribution in [3.8, 4) is 0 Å². The van der Waals surface area contributed by atoms with E-state index in [-0.39, 0.29) is 37.1 Å². The Labute approximate surface area is 131 Å². The second-order valence-corrected chi connectivity index (χ2v) is 8.59. The van der Waals surface area contributed by atoms with Crippen LogP contribution in [0, 0.1) is 11.3 Å². The van der Waals surface area contributed by atoms with Crippen molar-refractivity contribution >= 4 is 21.9 Å². The summed E-state index contributed by atoms with van der Waals surface area (Å²) in [6, 6.07) is 0. The molecule has 0 aliphatic carbocycles. The Morgan fingerprint density at radius 1 is 1.27 bits per heavy atom. The average Bonchev–Trinajstić information content (AvgIpc) is 3.00. The Kier molecular flexibility index (Phi) is 4.81. The van der Waals surface area contributed by atoms with Gasteiger partial charge in [-0.3, -0.25) is 9.59 Å². The molecule has 1 atom stereocenters. The summed E-state index contributed by atoms with van der Waals surface area (Å²) in [5, 5.41) is 9.48. The minimum Gasteiger partial charge on any atom is -0.481 e. The van der Waals surface area contributed by atoms with Crippen LogP contribution in [0.4, 0.5) is 0 Å². The normalized spacial score (nSPS) is 28.4. The Hall–Kier alpha value is -1.15. The van der Waals surface area contributed by atoms with Gasteiger partial charge >= 0.3 is 5.97 Å². The minimum absolute atomic E-state index is 0.0539. The molecule has 0 aromatic carbocycles. The molecule has 0 aromatic rings. The fourth-order valence-corrected chi connectivity index (χ4v) is 4.79. The zero-order valence-corrected chi connectivity index (χ0v) is 13.9. The molecule has 0 saturated carbocycles. The summed E-state index contributed by atoms with van der Waals surface area (Å²) in [5.74, 6) is -0.923. The van der Waals surface area contributed by atoms with Gasteiger partial charge < -0.3 is 10.0 Å². The highest BCUT2D eigenvalue weighted by Crippen LogP contribution is 2.38. The van der Waals surface area contributed by atoms with Crippen molar-refractivity contribution in [1.82, 2.24) is 9.21 Å². The van der Waals surface area contributed by atoms with Crippen molar-refractivity contribution in [2.24, 2.45) is 11.3 Å². The van der Waals surface area contributed by atoms with E-state index < -0.39 is 21.4 Å². The van der Waals surface area contributed by atoms with E-state index in [4.69, 9.17) is 0 Å². The van der Waals surface area contributed by atoms with E-state index in [1.807, 2.05) is 13.8 Å². The smallest absolute Gasteiger partial charge is 0.311 e. The Morgan fingerprint density at radius 3 is 2.41 bits per heavy atom. The first-order valence-corrected chi connectivity index (χ1v) is 9.29. The maximum atomic E-state index is 12.3. The summed E-state index contributed by atoms with van der Waals surface area (Å²) in [6.07, 6.45) is 1.18. The molecule has 0 radical (unpaired) electrons.